The average molecular weight is 337 g/mol. The van der Waals surface area contributed by atoms with Gasteiger partial charge in [0.05, 0.1) is 10.2 Å². The highest BCUT2D eigenvalue weighted by molar-refractivity contribution is 7.16. The molecule has 1 aromatic heterocycles. The number of aromatic hydroxyl groups is 1. The van der Waals surface area contributed by atoms with Crippen molar-refractivity contribution in [3.05, 3.63) is 34.6 Å². The molecule has 0 saturated heterocycles. The van der Waals surface area contributed by atoms with Crippen LogP contribution in [0.25, 0.3) is 21.0 Å². The molecule has 0 spiro atoms. The molecule has 0 unspecified atom stereocenters. The topological polar surface area (TPSA) is 37.5 Å². The largest absolute Gasteiger partial charge is 0.507 e. The van der Waals surface area contributed by atoms with Crippen LogP contribution in [0, 0.1) is 6.92 Å². The molecule has 0 saturated carbocycles. The van der Waals surface area contributed by atoms with Crippen LogP contribution in [-0.2, 0) is 7.05 Å². The number of phenols is 1. The molecule has 1 heterocycles. The molecule has 0 radical (unpaired) electrons. The van der Waals surface area contributed by atoms with Crippen molar-refractivity contribution in [1.82, 2.24) is 4.57 Å². The zero-order valence-electron chi connectivity index (χ0n) is 13.1. The number of hydrogen-bond acceptors (Lipinski definition) is 3. The van der Waals surface area contributed by atoms with Gasteiger partial charge in [0.2, 0.25) is 0 Å². The van der Waals surface area contributed by atoms with E-state index in [9.17, 15) is 5.11 Å². The van der Waals surface area contributed by atoms with E-state index in [0.717, 1.165) is 45.2 Å². The summed E-state index contributed by atoms with van der Waals surface area (Å²) in [6.07, 6.45) is 2.26. The normalized spacial score (nSPS) is 12.0. The van der Waals surface area contributed by atoms with Crippen molar-refractivity contribution in [2.45, 2.75) is 26.7 Å². The molecule has 0 amide bonds. The van der Waals surface area contributed by atoms with Crippen molar-refractivity contribution in [2.75, 3.05) is 6.54 Å². The fourth-order valence-electron chi connectivity index (χ4n) is 2.69. The molecule has 0 atom stereocenters. The number of aromatic nitrogens is 1. The van der Waals surface area contributed by atoms with E-state index in [-0.39, 0.29) is 12.4 Å². The number of halogens is 1. The second kappa shape index (κ2) is 6.71. The van der Waals surface area contributed by atoms with Gasteiger partial charge in [-0.1, -0.05) is 48.9 Å². The van der Waals surface area contributed by atoms with E-state index in [2.05, 4.69) is 24.6 Å². The first kappa shape index (κ1) is 16.8. The summed E-state index contributed by atoms with van der Waals surface area (Å²) in [5.74, 6) is 0.389. The van der Waals surface area contributed by atoms with Crippen LogP contribution < -0.4 is 4.80 Å². The number of fused-ring (bicyclic) bond motifs is 3. The number of phenolic OH excluding ortho intramolecular Hbond substituents is 1. The standard InChI is InChI=1S/C17H20N2OS.ClH/c1-4-5-10-18-17-19(3)14-12-8-6-7-9-13(12)15(20)11(2)16(14)21-17;/h6-9,20H,4-5,10H2,1-3H3;1H/b18-17+;. The Kier molecular flexibility index (Phi) is 5.14. The van der Waals surface area contributed by atoms with Gasteiger partial charge in [-0.25, -0.2) is 0 Å². The summed E-state index contributed by atoms with van der Waals surface area (Å²) < 4.78 is 3.29. The average Bonchev–Trinajstić information content (AvgIpc) is 2.83. The molecule has 5 heteroatoms. The van der Waals surface area contributed by atoms with E-state index in [0.29, 0.717) is 5.75 Å². The van der Waals surface area contributed by atoms with Crippen molar-refractivity contribution in [2.24, 2.45) is 12.0 Å². The second-order valence-electron chi connectivity index (χ2n) is 5.38. The molecule has 2 aromatic carbocycles. The van der Waals surface area contributed by atoms with Gasteiger partial charge in [0, 0.05) is 29.9 Å². The van der Waals surface area contributed by atoms with Gasteiger partial charge in [0.25, 0.3) is 0 Å². The van der Waals surface area contributed by atoms with E-state index in [1.165, 1.54) is 5.52 Å². The fourth-order valence-corrected chi connectivity index (χ4v) is 3.85. The van der Waals surface area contributed by atoms with Crippen LogP contribution >= 0.6 is 23.7 Å². The molecule has 0 fully saturated rings. The Balaban J connectivity index is 0.00000176. The predicted octanol–water partition coefficient (Wildman–Crippen LogP) is 4.53. The molecule has 0 aliphatic carbocycles. The molecule has 0 aliphatic rings. The Labute approximate surface area is 140 Å². The summed E-state index contributed by atoms with van der Waals surface area (Å²) in [5.41, 5.74) is 2.11. The lowest BCUT2D eigenvalue weighted by Crippen LogP contribution is -2.10. The summed E-state index contributed by atoms with van der Waals surface area (Å²) in [6.45, 7) is 5.02. The lowest BCUT2D eigenvalue weighted by atomic mass is 10.0. The number of benzene rings is 2. The summed E-state index contributed by atoms with van der Waals surface area (Å²) in [6, 6.07) is 8.02. The molecule has 0 bridgehead atoms. The Bertz CT molecular complexity index is 880. The van der Waals surface area contributed by atoms with Crippen LogP contribution in [0.2, 0.25) is 0 Å². The molecular formula is C17H21ClN2OS. The van der Waals surface area contributed by atoms with E-state index < -0.39 is 0 Å². The molecule has 118 valence electrons. The quantitative estimate of drug-likeness (QED) is 0.701. The number of aryl methyl sites for hydroxylation is 2. The minimum atomic E-state index is 0. The zero-order chi connectivity index (χ0) is 15.0. The van der Waals surface area contributed by atoms with Crippen LogP contribution in [-0.4, -0.2) is 16.2 Å². The van der Waals surface area contributed by atoms with Gasteiger partial charge >= 0.3 is 0 Å². The van der Waals surface area contributed by atoms with Crippen molar-refractivity contribution in [3.63, 3.8) is 0 Å². The molecule has 3 rings (SSSR count). The minimum Gasteiger partial charge on any atom is -0.507 e. The van der Waals surface area contributed by atoms with Crippen LogP contribution in [0.15, 0.2) is 29.3 Å². The van der Waals surface area contributed by atoms with E-state index >= 15 is 0 Å². The van der Waals surface area contributed by atoms with Gasteiger partial charge in [0.1, 0.15) is 5.75 Å². The first-order valence-corrected chi connectivity index (χ1v) is 8.17. The van der Waals surface area contributed by atoms with Gasteiger partial charge < -0.3 is 9.67 Å². The van der Waals surface area contributed by atoms with Crippen molar-refractivity contribution >= 4 is 44.7 Å². The van der Waals surface area contributed by atoms with E-state index in [1.807, 2.05) is 25.1 Å². The van der Waals surface area contributed by atoms with Crippen LogP contribution in [0.4, 0.5) is 0 Å². The molecule has 3 aromatic rings. The first-order chi connectivity index (χ1) is 10.1. The third-order valence-corrected chi connectivity index (χ3v) is 5.21. The number of hydrogen-bond donors (Lipinski definition) is 1. The highest BCUT2D eigenvalue weighted by atomic mass is 35.5. The molecular weight excluding hydrogens is 316 g/mol. The SMILES string of the molecule is CCCC/N=c1/sc2c(C)c(O)c3ccccc3c2n1C.Cl. The Morgan fingerprint density at radius 3 is 2.59 bits per heavy atom. The highest BCUT2D eigenvalue weighted by Gasteiger charge is 2.14. The maximum atomic E-state index is 10.4. The third kappa shape index (κ3) is 2.61. The summed E-state index contributed by atoms with van der Waals surface area (Å²) in [7, 11) is 2.06. The molecule has 0 aliphatic heterocycles. The van der Waals surface area contributed by atoms with Crippen molar-refractivity contribution in [1.29, 1.82) is 0 Å². The fraction of sp³-hybridized carbons (Fsp3) is 0.353. The summed E-state index contributed by atoms with van der Waals surface area (Å²) >= 11 is 1.67. The lowest BCUT2D eigenvalue weighted by Gasteiger charge is -2.08. The predicted molar refractivity (Wildman–Crippen MR) is 97.3 cm³/mol. The molecule has 3 nitrogen and oxygen atoms in total. The van der Waals surface area contributed by atoms with Crippen LogP contribution in [0.5, 0.6) is 5.75 Å². The number of rotatable bonds is 3. The van der Waals surface area contributed by atoms with Gasteiger partial charge in [-0.05, 0) is 13.3 Å². The number of thiazole rings is 1. The van der Waals surface area contributed by atoms with Gasteiger partial charge in [-0.2, -0.15) is 0 Å². The molecule has 1 N–H and O–H groups in total. The van der Waals surface area contributed by atoms with Crippen LogP contribution in [0.1, 0.15) is 25.3 Å². The van der Waals surface area contributed by atoms with E-state index in [4.69, 9.17) is 4.99 Å². The monoisotopic (exact) mass is 336 g/mol. The van der Waals surface area contributed by atoms with Gasteiger partial charge in [0.15, 0.2) is 4.80 Å². The smallest absolute Gasteiger partial charge is 0.185 e. The first-order valence-electron chi connectivity index (χ1n) is 7.35. The van der Waals surface area contributed by atoms with Gasteiger partial charge in [-0.3, -0.25) is 4.99 Å². The Morgan fingerprint density at radius 1 is 1.23 bits per heavy atom. The maximum absolute atomic E-state index is 10.4. The van der Waals surface area contributed by atoms with Crippen molar-refractivity contribution < 1.29 is 5.11 Å². The zero-order valence-corrected chi connectivity index (χ0v) is 14.7. The summed E-state index contributed by atoms with van der Waals surface area (Å²) in [5, 5.41) is 12.4. The summed E-state index contributed by atoms with van der Waals surface area (Å²) in [4.78, 5) is 5.74. The third-order valence-electron chi connectivity index (χ3n) is 3.92. The van der Waals surface area contributed by atoms with Gasteiger partial charge in [-0.15, -0.1) is 12.4 Å². The number of unbranched alkanes of at least 4 members (excludes halogenated alkanes) is 1. The Morgan fingerprint density at radius 2 is 1.91 bits per heavy atom. The van der Waals surface area contributed by atoms with Crippen molar-refractivity contribution in [3.8, 4) is 5.75 Å². The Hall–Kier alpha value is -1.52. The number of nitrogens with zero attached hydrogens (tertiary/aromatic N) is 2. The lowest BCUT2D eigenvalue weighted by molar-refractivity contribution is 0.478. The molecule has 22 heavy (non-hydrogen) atoms. The van der Waals surface area contributed by atoms with Crippen LogP contribution in [0.3, 0.4) is 0 Å². The second-order valence-corrected chi connectivity index (χ2v) is 6.35. The van der Waals surface area contributed by atoms with E-state index in [1.54, 1.807) is 11.3 Å². The highest BCUT2D eigenvalue weighted by Crippen LogP contribution is 2.37. The maximum Gasteiger partial charge on any atom is 0.185 e. The minimum absolute atomic E-state index is 0.